The number of furan rings is 2. The summed E-state index contributed by atoms with van der Waals surface area (Å²) in [5.74, 6) is 1.82. The average molecular weight is 454 g/mol. The Bertz CT molecular complexity index is 1100. The van der Waals surface area contributed by atoms with E-state index in [1.807, 2.05) is 0 Å². The van der Waals surface area contributed by atoms with E-state index in [4.69, 9.17) is 37.1 Å². The monoisotopic (exact) mass is 453 g/mol. The molecule has 147 valence electrons. The van der Waals surface area contributed by atoms with Crippen LogP contribution in [0.4, 0.5) is 0 Å². The van der Waals surface area contributed by atoms with Crippen molar-refractivity contribution in [2.75, 3.05) is 0 Å². The van der Waals surface area contributed by atoms with Crippen LogP contribution >= 0.6 is 23.2 Å². The van der Waals surface area contributed by atoms with Crippen LogP contribution in [-0.2, 0) is 6.61 Å². The number of hydrogen-bond donors (Lipinski definition) is 1. The quantitative estimate of drug-likeness (QED) is 0.274. The predicted octanol–water partition coefficient (Wildman–Crippen LogP) is 0.821. The number of aliphatic hydroxyl groups is 1. The van der Waals surface area contributed by atoms with Crippen LogP contribution in [0.1, 0.15) is 17.7 Å². The van der Waals surface area contributed by atoms with Crippen molar-refractivity contribution in [3.8, 4) is 22.9 Å². The number of hydrogen-bond acceptors (Lipinski definition) is 8. The molecule has 0 spiro atoms. The first-order valence-electron chi connectivity index (χ1n) is 7.81. The topological polar surface area (TPSA) is 115 Å². The van der Waals surface area contributed by atoms with Crippen molar-refractivity contribution >= 4 is 37.9 Å². The number of rotatable bonds is 4. The first-order valence-corrected chi connectivity index (χ1v) is 8.57. The molecule has 3 radical (unpaired) electrons. The molecule has 0 saturated carbocycles. The molecule has 4 rings (SSSR count). The van der Waals surface area contributed by atoms with Gasteiger partial charge in [0.25, 0.3) is 0 Å². The minimum Gasteiger partial charge on any atom is -1.00 e. The second kappa shape index (κ2) is 12.6. The van der Waals surface area contributed by atoms with Gasteiger partial charge in [-0.3, -0.25) is 4.79 Å². The number of carbonyl (C=O) groups is 1. The van der Waals surface area contributed by atoms with Crippen LogP contribution in [0.3, 0.4) is 0 Å². The van der Waals surface area contributed by atoms with Crippen LogP contribution in [0.2, 0.25) is 10.6 Å². The molecule has 0 saturated heterocycles. The van der Waals surface area contributed by atoms with Gasteiger partial charge in [-0.1, -0.05) is 0 Å². The van der Waals surface area contributed by atoms with E-state index >= 15 is 0 Å². The molecule has 0 aliphatic heterocycles. The maximum absolute atomic E-state index is 10.4. The summed E-state index contributed by atoms with van der Waals surface area (Å²) in [6.45, 7) is -0.126. The van der Waals surface area contributed by atoms with Gasteiger partial charge in [-0.25, -0.2) is 19.9 Å². The zero-order valence-corrected chi connectivity index (χ0v) is 19.2. The number of aldehydes is 1. The second-order valence-corrected chi connectivity index (χ2v) is 5.84. The largest absolute Gasteiger partial charge is 1.00 e. The van der Waals surface area contributed by atoms with Gasteiger partial charge in [0.15, 0.2) is 23.6 Å². The molecule has 30 heavy (non-hydrogen) atoms. The summed E-state index contributed by atoms with van der Waals surface area (Å²) in [6.07, 6.45) is 3.70. The Balaban J connectivity index is 0.000000529. The standard InChI is InChI=1S/C9H7ClN2O2.C9H5ClN2O2.B.Na.H/c2*10-9-11-4-3-7(12-9)8-2-1-6(5-13)14-8;;;/h1-4,13H,5H2;1-5H;;;/q;;;+1;-1. The summed E-state index contributed by atoms with van der Waals surface area (Å²) < 4.78 is 10.4. The summed E-state index contributed by atoms with van der Waals surface area (Å²) in [5.41, 5.74) is 1.16. The van der Waals surface area contributed by atoms with E-state index in [-0.39, 0.29) is 62.3 Å². The molecule has 0 unspecified atom stereocenters. The van der Waals surface area contributed by atoms with Crippen LogP contribution < -0.4 is 29.6 Å². The molecular formula is C18H13BCl2N4NaO4. The summed E-state index contributed by atoms with van der Waals surface area (Å²) in [4.78, 5) is 25.8. The van der Waals surface area contributed by atoms with E-state index in [1.165, 1.54) is 6.20 Å². The smallest absolute Gasteiger partial charge is 1.00 e. The summed E-state index contributed by atoms with van der Waals surface area (Å²) in [6, 6.07) is 9.97. The molecule has 0 aliphatic carbocycles. The van der Waals surface area contributed by atoms with Crippen LogP contribution in [0.5, 0.6) is 0 Å². The average Bonchev–Trinajstić information content (AvgIpc) is 3.38. The maximum Gasteiger partial charge on any atom is 1.00 e. The number of aliphatic hydroxyl groups excluding tert-OH is 1. The van der Waals surface area contributed by atoms with Gasteiger partial charge in [-0.2, -0.15) is 0 Å². The van der Waals surface area contributed by atoms with Crippen molar-refractivity contribution < 1.29 is 49.7 Å². The summed E-state index contributed by atoms with van der Waals surface area (Å²) >= 11 is 11.2. The predicted molar refractivity (Wildman–Crippen MR) is 108 cm³/mol. The van der Waals surface area contributed by atoms with Gasteiger partial charge in [0, 0.05) is 20.8 Å². The molecule has 4 heterocycles. The molecule has 4 aromatic rings. The van der Waals surface area contributed by atoms with Crippen molar-refractivity contribution in [3.05, 3.63) is 70.9 Å². The molecule has 0 atom stereocenters. The Hall–Kier alpha value is -2.01. The first-order chi connectivity index (χ1) is 13.6. The first kappa shape index (κ1) is 26.0. The zero-order valence-electron chi connectivity index (χ0n) is 16.7. The van der Waals surface area contributed by atoms with Crippen molar-refractivity contribution in [3.63, 3.8) is 0 Å². The Morgan fingerprint density at radius 2 is 1.43 bits per heavy atom. The Morgan fingerprint density at radius 3 is 1.87 bits per heavy atom. The van der Waals surface area contributed by atoms with E-state index in [1.54, 1.807) is 42.6 Å². The third-order valence-electron chi connectivity index (χ3n) is 3.32. The molecule has 12 heteroatoms. The number of carbonyl (C=O) groups excluding carboxylic acids is 1. The molecule has 0 aliphatic rings. The van der Waals surface area contributed by atoms with Gasteiger partial charge < -0.3 is 15.4 Å². The van der Waals surface area contributed by atoms with E-state index < -0.39 is 0 Å². The molecule has 0 fully saturated rings. The minimum atomic E-state index is -0.126. The van der Waals surface area contributed by atoms with Gasteiger partial charge in [-0.05, 0) is 59.6 Å². The third-order valence-corrected chi connectivity index (χ3v) is 3.68. The number of nitrogens with zero attached hydrogens (tertiary/aromatic N) is 4. The normalized spacial score (nSPS) is 9.57. The maximum atomic E-state index is 10.4. The van der Waals surface area contributed by atoms with E-state index in [2.05, 4.69) is 19.9 Å². The molecule has 0 bridgehead atoms. The van der Waals surface area contributed by atoms with Crippen LogP contribution in [0, 0.1) is 0 Å². The van der Waals surface area contributed by atoms with E-state index in [9.17, 15) is 4.79 Å². The van der Waals surface area contributed by atoms with Gasteiger partial charge in [0.1, 0.15) is 23.8 Å². The van der Waals surface area contributed by atoms with Crippen molar-refractivity contribution in [2.45, 2.75) is 6.61 Å². The third kappa shape index (κ3) is 7.05. The fraction of sp³-hybridized carbons (Fsp3) is 0.0556. The minimum absolute atomic E-state index is 0. The van der Waals surface area contributed by atoms with Crippen LogP contribution in [-0.4, -0.2) is 39.7 Å². The summed E-state index contributed by atoms with van der Waals surface area (Å²) in [5, 5.41) is 9.12. The van der Waals surface area contributed by atoms with Gasteiger partial charge in [-0.15, -0.1) is 0 Å². The Kier molecular flexibility index (Phi) is 11.0. The molecule has 0 aromatic carbocycles. The molecule has 8 nitrogen and oxygen atoms in total. The van der Waals surface area contributed by atoms with Gasteiger partial charge in [0.2, 0.25) is 10.6 Å². The Morgan fingerprint density at radius 1 is 0.900 bits per heavy atom. The fourth-order valence-corrected chi connectivity index (χ4v) is 2.39. The Labute approximate surface area is 207 Å². The second-order valence-electron chi connectivity index (χ2n) is 5.17. The van der Waals surface area contributed by atoms with Crippen molar-refractivity contribution in [2.24, 2.45) is 0 Å². The van der Waals surface area contributed by atoms with Gasteiger partial charge in [0.05, 0.1) is 0 Å². The fourth-order valence-electron chi connectivity index (χ4n) is 2.10. The van der Waals surface area contributed by atoms with E-state index in [0.29, 0.717) is 35.0 Å². The molecular weight excluding hydrogens is 441 g/mol. The molecule has 4 aromatic heterocycles. The van der Waals surface area contributed by atoms with Crippen molar-refractivity contribution in [1.29, 1.82) is 0 Å². The van der Waals surface area contributed by atoms with Crippen LogP contribution in [0.25, 0.3) is 22.9 Å². The number of halogens is 2. The van der Waals surface area contributed by atoms with E-state index in [0.717, 1.165) is 0 Å². The SMILES string of the molecule is O=Cc1ccc(-c2ccnc(Cl)n2)o1.OCc1ccc(-c2ccnc(Cl)n2)o1.[B].[H-].[Na+]. The zero-order chi connectivity index (χ0) is 19.9. The van der Waals surface area contributed by atoms with Crippen molar-refractivity contribution in [1.82, 2.24) is 19.9 Å². The number of aromatic nitrogens is 4. The van der Waals surface area contributed by atoms with Crippen LogP contribution in [0.15, 0.2) is 57.6 Å². The molecule has 0 amide bonds. The van der Waals surface area contributed by atoms with Gasteiger partial charge >= 0.3 is 29.6 Å². The molecule has 1 N–H and O–H groups in total. The summed E-state index contributed by atoms with van der Waals surface area (Å²) in [7, 11) is 0.